The molecule has 0 unspecified atom stereocenters. The molecule has 0 spiro atoms. The Labute approximate surface area is 151 Å². The largest absolute Gasteiger partial charge is 0.378 e. The van der Waals surface area contributed by atoms with Crippen molar-refractivity contribution in [1.82, 2.24) is 14.9 Å². The van der Waals surface area contributed by atoms with Gasteiger partial charge in [-0.1, -0.05) is 0 Å². The number of rotatable bonds is 3. The number of fused-ring (bicyclic) bond motifs is 1. The fourth-order valence-corrected chi connectivity index (χ4v) is 3.70. The van der Waals surface area contributed by atoms with Gasteiger partial charge in [0.05, 0.1) is 43.7 Å². The summed E-state index contributed by atoms with van der Waals surface area (Å²) in [5, 5.41) is 0. The molecule has 1 amide bonds. The Hall–Kier alpha value is -2.51. The number of pyridine rings is 2. The summed E-state index contributed by atoms with van der Waals surface area (Å²) in [6, 6.07) is 6.02. The van der Waals surface area contributed by atoms with Gasteiger partial charge in [-0.25, -0.2) is 4.98 Å². The van der Waals surface area contributed by atoms with Crippen molar-refractivity contribution < 1.29 is 14.3 Å². The normalized spacial score (nSPS) is 20.2. The molecule has 5 rings (SSSR count). The second-order valence-corrected chi connectivity index (χ2v) is 6.82. The fraction of sp³-hybridized carbons (Fsp3) is 0.421. The van der Waals surface area contributed by atoms with Crippen molar-refractivity contribution in [2.75, 3.05) is 44.4 Å². The average Bonchev–Trinajstić information content (AvgIpc) is 2.98. The summed E-state index contributed by atoms with van der Waals surface area (Å²) in [6.07, 6.45) is 3.56. The lowest BCUT2D eigenvalue weighted by atomic mass is 10.0. The molecule has 7 nitrogen and oxygen atoms in total. The van der Waals surface area contributed by atoms with E-state index < -0.39 is 0 Å². The van der Waals surface area contributed by atoms with Crippen LogP contribution < -0.4 is 4.90 Å². The summed E-state index contributed by atoms with van der Waals surface area (Å²) in [6.45, 7) is 4.75. The van der Waals surface area contributed by atoms with Gasteiger partial charge < -0.3 is 19.3 Å². The molecule has 7 heteroatoms. The highest BCUT2D eigenvalue weighted by Crippen LogP contribution is 2.35. The van der Waals surface area contributed by atoms with Crippen molar-refractivity contribution in [1.29, 1.82) is 0 Å². The number of carbonyl (C=O) groups excluding carboxylic acids is 1. The maximum atomic E-state index is 13.0. The monoisotopic (exact) mass is 352 g/mol. The third-order valence-corrected chi connectivity index (χ3v) is 5.26. The first-order valence-electron chi connectivity index (χ1n) is 8.97. The van der Waals surface area contributed by atoms with E-state index in [9.17, 15) is 4.79 Å². The van der Waals surface area contributed by atoms with Crippen LogP contribution >= 0.6 is 0 Å². The Bertz CT molecular complexity index is 832. The van der Waals surface area contributed by atoms with E-state index in [1.807, 2.05) is 29.3 Å². The summed E-state index contributed by atoms with van der Waals surface area (Å²) >= 11 is 0. The summed E-state index contributed by atoms with van der Waals surface area (Å²) in [5.74, 6) is 0.918. The predicted molar refractivity (Wildman–Crippen MR) is 95.0 cm³/mol. The topological polar surface area (TPSA) is 67.8 Å². The third-order valence-electron chi connectivity index (χ3n) is 5.26. The van der Waals surface area contributed by atoms with Crippen molar-refractivity contribution in [2.45, 2.75) is 12.6 Å². The van der Waals surface area contributed by atoms with E-state index in [-0.39, 0.29) is 11.9 Å². The number of anilines is 1. The van der Waals surface area contributed by atoms with Gasteiger partial charge in [0.1, 0.15) is 5.82 Å². The van der Waals surface area contributed by atoms with E-state index in [4.69, 9.17) is 14.5 Å². The van der Waals surface area contributed by atoms with Gasteiger partial charge in [0.25, 0.3) is 5.91 Å². The molecule has 0 N–H and O–H groups in total. The third kappa shape index (κ3) is 2.55. The van der Waals surface area contributed by atoms with Crippen LogP contribution in [-0.4, -0.2) is 66.3 Å². The zero-order chi connectivity index (χ0) is 17.5. The average molecular weight is 352 g/mol. The second kappa shape index (κ2) is 6.34. The van der Waals surface area contributed by atoms with E-state index in [2.05, 4.69) is 9.88 Å². The zero-order valence-corrected chi connectivity index (χ0v) is 14.4. The minimum absolute atomic E-state index is 0.0790. The number of hydrogen-bond donors (Lipinski definition) is 0. The summed E-state index contributed by atoms with van der Waals surface area (Å²) in [4.78, 5) is 26.3. The summed E-state index contributed by atoms with van der Waals surface area (Å²) < 4.78 is 10.7. The zero-order valence-electron chi connectivity index (χ0n) is 14.4. The van der Waals surface area contributed by atoms with Crippen molar-refractivity contribution in [3.05, 3.63) is 41.7 Å². The first-order valence-corrected chi connectivity index (χ1v) is 8.97. The Morgan fingerprint density at radius 3 is 2.69 bits per heavy atom. The molecule has 2 saturated heterocycles. The Kier molecular flexibility index (Phi) is 3.83. The molecule has 0 aliphatic carbocycles. The Morgan fingerprint density at radius 1 is 1.15 bits per heavy atom. The molecule has 26 heavy (non-hydrogen) atoms. The maximum absolute atomic E-state index is 13.0. The van der Waals surface area contributed by atoms with Crippen LogP contribution in [0, 0.1) is 0 Å². The molecule has 134 valence electrons. The number of nitrogens with zero attached hydrogens (tertiary/aromatic N) is 4. The molecule has 2 fully saturated rings. The lowest BCUT2D eigenvalue weighted by Crippen LogP contribution is -2.48. The fourth-order valence-electron chi connectivity index (χ4n) is 3.70. The molecule has 0 atom stereocenters. The summed E-state index contributed by atoms with van der Waals surface area (Å²) in [7, 11) is 0. The van der Waals surface area contributed by atoms with Gasteiger partial charge >= 0.3 is 0 Å². The smallest absolute Gasteiger partial charge is 0.255 e. The van der Waals surface area contributed by atoms with E-state index in [1.165, 1.54) is 0 Å². The van der Waals surface area contributed by atoms with Crippen molar-refractivity contribution in [3.8, 4) is 11.3 Å². The van der Waals surface area contributed by atoms with Crippen LogP contribution in [0.4, 0.5) is 5.82 Å². The minimum Gasteiger partial charge on any atom is -0.378 e. The van der Waals surface area contributed by atoms with Crippen LogP contribution in [0.15, 0.2) is 30.6 Å². The SMILES string of the molecule is O=C1c2cc(N3CCOCC3)nc(-c3cccnc3)c2CN1C1COC1. The van der Waals surface area contributed by atoms with Gasteiger partial charge in [0, 0.05) is 43.2 Å². The second-order valence-electron chi connectivity index (χ2n) is 6.82. The van der Waals surface area contributed by atoms with Crippen LogP contribution in [0.1, 0.15) is 15.9 Å². The highest BCUT2D eigenvalue weighted by atomic mass is 16.5. The van der Waals surface area contributed by atoms with Gasteiger partial charge in [-0.15, -0.1) is 0 Å². The van der Waals surface area contributed by atoms with Gasteiger partial charge in [-0.3, -0.25) is 9.78 Å². The predicted octanol–water partition coefficient (Wildman–Crippen LogP) is 1.33. The number of aromatic nitrogens is 2. The van der Waals surface area contributed by atoms with Crippen LogP contribution in [0.2, 0.25) is 0 Å². The van der Waals surface area contributed by atoms with Gasteiger partial charge in [-0.05, 0) is 18.2 Å². The molecule has 5 heterocycles. The number of morpholine rings is 1. The van der Waals surface area contributed by atoms with E-state index >= 15 is 0 Å². The van der Waals surface area contributed by atoms with E-state index in [0.717, 1.165) is 41.3 Å². The van der Waals surface area contributed by atoms with Crippen molar-refractivity contribution in [3.63, 3.8) is 0 Å². The first-order chi connectivity index (χ1) is 12.8. The molecule has 0 aromatic carbocycles. The van der Waals surface area contributed by atoms with E-state index in [1.54, 1.807) is 6.20 Å². The number of amides is 1. The van der Waals surface area contributed by atoms with Crippen LogP contribution in [-0.2, 0) is 16.0 Å². The van der Waals surface area contributed by atoms with E-state index in [0.29, 0.717) is 33.0 Å². The van der Waals surface area contributed by atoms with Crippen LogP contribution in [0.3, 0.4) is 0 Å². The molecule has 0 bridgehead atoms. The van der Waals surface area contributed by atoms with Gasteiger partial charge in [0.15, 0.2) is 0 Å². The maximum Gasteiger partial charge on any atom is 0.255 e. The van der Waals surface area contributed by atoms with Crippen molar-refractivity contribution >= 4 is 11.7 Å². The molecule has 2 aromatic heterocycles. The molecule has 0 radical (unpaired) electrons. The number of ether oxygens (including phenoxy) is 2. The first kappa shape index (κ1) is 15.7. The lowest BCUT2D eigenvalue weighted by molar-refractivity contribution is -0.0540. The van der Waals surface area contributed by atoms with Crippen LogP contribution in [0.25, 0.3) is 11.3 Å². The molecule has 3 aliphatic heterocycles. The quantitative estimate of drug-likeness (QED) is 0.830. The lowest BCUT2D eigenvalue weighted by Gasteiger charge is -2.34. The summed E-state index contributed by atoms with van der Waals surface area (Å²) in [5.41, 5.74) is 3.55. The highest BCUT2D eigenvalue weighted by Gasteiger charge is 2.38. The number of hydrogen-bond acceptors (Lipinski definition) is 6. The Balaban J connectivity index is 1.60. The van der Waals surface area contributed by atoms with Gasteiger partial charge in [0.2, 0.25) is 0 Å². The van der Waals surface area contributed by atoms with Gasteiger partial charge in [-0.2, -0.15) is 0 Å². The number of carbonyl (C=O) groups is 1. The molecule has 3 aliphatic rings. The Morgan fingerprint density at radius 2 is 2.00 bits per heavy atom. The molecular formula is C19H20N4O3. The molecule has 2 aromatic rings. The molecular weight excluding hydrogens is 332 g/mol. The van der Waals surface area contributed by atoms with Crippen molar-refractivity contribution in [2.24, 2.45) is 0 Å². The van der Waals surface area contributed by atoms with Crippen LogP contribution in [0.5, 0.6) is 0 Å². The minimum atomic E-state index is 0.0790. The standard InChI is InChI=1S/C19H20N4O3/c24-19-15-8-17(22-4-6-25-7-5-22)21-18(13-2-1-3-20-9-13)16(15)10-23(19)14-11-26-12-14/h1-3,8-9,14H,4-7,10-12H2. The highest BCUT2D eigenvalue weighted by molar-refractivity contribution is 6.01. The molecule has 0 saturated carbocycles.